The topological polar surface area (TPSA) is 68.5 Å². The maximum Gasteiger partial charge on any atom is 0.257 e. The third-order valence-corrected chi connectivity index (χ3v) is 4.90. The zero-order chi connectivity index (χ0) is 18.8. The zero-order valence-electron chi connectivity index (χ0n) is 15.4. The van der Waals surface area contributed by atoms with Gasteiger partial charge in [-0.05, 0) is 61.7 Å². The third kappa shape index (κ3) is 3.43. The Morgan fingerprint density at radius 3 is 2.74 bits per heavy atom. The van der Waals surface area contributed by atoms with Crippen LogP contribution in [-0.4, -0.2) is 34.6 Å². The van der Waals surface area contributed by atoms with E-state index in [1.165, 1.54) is 0 Å². The van der Waals surface area contributed by atoms with Crippen molar-refractivity contribution < 1.29 is 14.1 Å². The highest BCUT2D eigenvalue weighted by molar-refractivity contribution is 5.95. The lowest BCUT2D eigenvalue weighted by Gasteiger charge is -2.25. The highest BCUT2D eigenvalue weighted by Crippen LogP contribution is 2.34. The SMILES string of the molecule is COc1cccc(C2CCCN2C(=O)c2ccc(-c3nc(C)no3)cc2)c1. The molecule has 0 N–H and O–H groups in total. The summed E-state index contributed by atoms with van der Waals surface area (Å²) in [6, 6.07) is 15.4. The van der Waals surface area contributed by atoms with Crippen molar-refractivity contribution in [1.29, 1.82) is 0 Å². The molecule has 0 bridgehead atoms. The summed E-state index contributed by atoms with van der Waals surface area (Å²) in [5.41, 5.74) is 2.57. The fraction of sp³-hybridized carbons (Fsp3) is 0.286. The van der Waals surface area contributed by atoms with Gasteiger partial charge in [-0.2, -0.15) is 4.98 Å². The lowest BCUT2D eigenvalue weighted by atomic mass is 10.0. The number of amides is 1. The van der Waals surface area contributed by atoms with E-state index in [-0.39, 0.29) is 11.9 Å². The minimum atomic E-state index is 0.0357. The van der Waals surface area contributed by atoms with E-state index >= 15 is 0 Å². The Morgan fingerprint density at radius 2 is 2.04 bits per heavy atom. The van der Waals surface area contributed by atoms with Crippen molar-refractivity contribution in [2.45, 2.75) is 25.8 Å². The molecule has 27 heavy (non-hydrogen) atoms. The molecule has 6 nitrogen and oxygen atoms in total. The number of hydrogen-bond donors (Lipinski definition) is 0. The molecule has 4 rings (SSSR count). The van der Waals surface area contributed by atoms with Crippen LogP contribution in [0.1, 0.15) is 40.6 Å². The number of methoxy groups -OCH3 is 1. The summed E-state index contributed by atoms with van der Waals surface area (Å²) in [6.45, 7) is 2.53. The van der Waals surface area contributed by atoms with Crippen molar-refractivity contribution in [2.24, 2.45) is 0 Å². The van der Waals surface area contributed by atoms with Gasteiger partial charge in [0.05, 0.1) is 13.2 Å². The molecule has 0 spiro atoms. The van der Waals surface area contributed by atoms with Gasteiger partial charge in [0.2, 0.25) is 0 Å². The Hall–Kier alpha value is -3.15. The second-order valence-corrected chi connectivity index (χ2v) is 6.66. The van der Waals surface area contributed by atoms with E-state index in [9.17, 15) is 4.79 Å². The summed E-state index contributed by atoms with van der Waals surface area (Å²) in [7, 11) is 1.66. The van der Waals surface area contributed by atoms with Gasteiger partial charge in [0.25, 0.3) is 11.8 Å². The van der Waals surface area contributed by atoms with Crippen molar-refractivity contribution in [3.63, 3.8) is 0 Å². The number of nitrogens with zero attached hydrogens (tertiary/aromatic N) is 3. The summed E-state index contributed by atoms with van der Waals surface area (Å²) in [5, 5.41) is 3.80. The highest BCUT2D eigenvalue weighted by Gasteiger charge is 2.30. The van der Waals surface area contributed by atoms with Gasteiger partial charge in [-0.25, -0.2) is 0 Å². The molecule has 1 unspecified atom stereocenters. The van der Waals surface area contributed by atoms with Gasteiger partial charge in [0.1, 0.15) is 5.75 Å². The van der Waals surface area contributed by atoms with E-state index in [1.54, 1.807) is 14.0 Å². The molecular weight excluding hydrogens is 342 g/mol. The van der Waals surface area contributed by atoms with Crippen LogP contribution in [0, 0.1) is 6.92 Å². The zero-order valence-corrected chi connectivity index (χ0v) is 15.4. The number of carbonyl (C=O) groups is 1. The number of aromatic nitrogens is 2. The summed E-state index contributed by atoms with van der Waals surface area (Å²) in [6.07, 6.45) is 1.95. The van der Waals surface area contributed by atoms with E-state index in [0.717, 1.165) is 36.3 Å². The lowest BCUT2D eigenvalue weighted by molar-refractivity contribution is 0.0735. The van der Waals surface area contributed by atoms with Crippen LogP contribution in [0.3, 0.4) is 0 Å². The fourth-order valence-electron chi connectivity index (χ4n) is 3.54. The number of likely N-dealkylation sites (tertiary alicyclic amines) is 1. The Morgan fingerprint density at radius 1 is 1.22 bits per heavy atom. The second kappa shape index (κ2) is 7.23. The molecule has 6 heteroatoms. The van der Waals surface area contributed by atoms with Gasteiger partial charge < -0.3 is 14.2 Å². The van der Waals surface area contributed by atoms with Crippen LogP contribution in [0.15, 0.2) is 53.1 Å². The van der Waals surface area contributed by atoms with Gasteiger partial charge in [0.15, 0.2) is 5.82 Å². The first kappa shape index (κ1) is 17.3. The summed E-state index contributed by atoms with van der Waals surface area (Å²) < 4.78 is 10.5. The smallest absolute Gasteiger partial charge is 0.257 e. The van der Waals surface area contributed by atoms with Gasteiger partial charge in [-0.15, -0.1) is 0 Å². The van der Waals surface area contributed by atoms with E-state index < -0.39 is 0 Å². The maximum absolute atomic E-state index is 13.1. The number of aryl methyl sites for hydroxylation is 1. The van der Waals surface area contributed by atoms with E-state index in [1.807, 2.05) is 47.4 Å². The van der Waals surface area contributed by atoms with Crippen molar-refractivity contribution in [1.82, 2.24) is 15.0 Å². The van der Waals surface area contributed by atoms with Crippen LogP contribution in [0.2, 0.25) is 0 Å². The molecule has 1 fully saturated rings. The predicted molar refractivity (Wildman–Crippen MR) is 100 cm³/mol. The minimum absolute atomic E-state index is 0.0357. The van der Waals surface area contributed by atoms with Crippen molar-refractivity contribution >= 4 is 5.91 Å². The Kier molecular flexibility index (Phi) is 4.62. The average molecular weight is 363 g/mol. The molecule has 2 aromatic carbocycles. The molecule has 1 saturated heterocycles. The van der Waals surface area contributed by atoms with E-state index in [2.05, 4.69) is 16.2 Å². The highest BCUT2D eigenvalue weighted by atomic mass is 16.5. The molecule has 2 heterocycles. The first-order valence-corrected chi connectivity index (χ1v) is 9.01. The molecule has 0 radical (unpaired) electrons. The Balaban J connectivity index is 1.56. The number of benzene rings is 2. The average Bonchev–Trinajstić information content (AvgIpc) is 3.37. The van der Waals surface area contributed by atoms with Crippen LogP contribution in [-0.2, 0) is 0 Å². The third-order valence-electron chi connectivity index (χ3n) is 4.90. The molecule has 1 atom stereocenters. The van der Waals surface area contributed by atoms with Crippen LogP contribution in [0.5, 0.6) is 5.75 Å². The Labute approximate surface area is 157 Å². The van der Waals surface area contributed by atoms with Crippen LogP contribution >= 0.6 is 0 Å². The van der Waals surface area contributed by atoms with Gasteiger partial charge in [-0.1, -0.05) is 17.3 Å². The maximum atomic E-state index is 13.1. The lowest BCUT2D eigenvalue weighted by Crippen LogP contribution is -2.30. The van der Waals surface area contributed by atoms with Crippen LogP contribution in [0.4, 0.5) is 0 Å². The van der Waals surface area contributed by atoms with Crippen molar-refractivity contribution in [3.8, 4) is 17.2 Å². The van der Waals surface area contributed by atoms with Crippen LogP contribution < -0.4 is 4.74 Å². The first-order chi connectivity index (χ1) is 13.2. The van der Waals surface area contributed by atoms with Crippen molar-refractivity contribution in [3.05, 3.63) is 65.5 Å². The van der Waals surface area contributed by atoms with Gasteiger partial charge in [-0.3, -0.25) is 4.79 Å². The van der Waals surface area contributed by atoms with Gasteiger partial charge >= 0.3 is 0 Å². The molecule has 1 aliphatic heterocycles. The molecule has 138 valence electrons. The molecule has 1 aliphatic rings. The number of carbonyl (C=O) groups excluding carboxylic acids is 1. The fourth-order valence-corrected chi connectivity index (χ4v) is 3.54. The molecule has 0 aliphatic carbocycles. The molecule has 1 aromatic heterocycles. The quantitative estimate of drug-likeness (QED) is 0.700. The Bertz CT molecular complexity index is 949. The predicted octanol–water partition coefficient (Wildman–Crippen LogP) is 4.03. The number of ether oxygens (including phenoxy) is 1. The standard InChI is InChI=1S/C21H21N3O3/c1-14-22-20(27-23-14)15-8-10-16(11-9-15)21(25)24-12-4-7-19(24)17-5-3-6-18(13-17)26-2/h3,5-6,8-11,13,19H,4,7,12H2,1-2H3. The second-order valence-electron chi connectivity index (χ2n) is 6.66. The van der Waals surface area contributed by atoms with Crippen molar-refractivity contribution in [2.75, 3.05) is 13.7 Å². The minimum Gasteiger partial charge on any atom is -0.497 e. The molecule has 0 saturated carbocycles. The molecular formula is C21H21N3O3. The number of rotatable bonds is 4. The summed E-state index contributed by atoms with van der Waals surface area (Å²) in [5.74, 6) is 1.89. The monoisotopic (exact) mass is 363 g/mol. The summed E-state index contributed by atoms with van der Waals surface area (Å²) >= 11 is 0. The van der Waals surface area contributed by atoms with Gasteiger partial charge in [0, 0.05) is 17.7 Å². The number of hydrogen-bond acceptors (Lipinski definition) is 5. The normalized spacial score (nSPS) is 16.5. The first-order valence-electron chi connectivity index (χ1n) is 9.01. The van der Waals surface area contributed by atoms with E-state index in [0.29, 0.717) is 17.3 Å². The molecule has 3 aromatic rings. The van der Waals surface area contributed by atoms with Crippen LogP contribution in [0.25, 0.3) is 11.5 Å². The molecule has 1 amide bonds. The largest absolute Gasteiger partial charge is 0.497 e. The van der Waals surface area contributed by atoms with E-state index in [4.69, 9.17) is 9.26 Å². The summed E-state index contributed by atoms with van der Waals surface area (Å²) in [4.78, 5) is 19.2.